The van der Waals surface area contributed by atoms with Crippen LogP contribution in [0.1, 0.15) is 5.56 Å². The number of carbonyl (C=O) groups excluding carboxylic acids is 1. The summed E-state index contributed by atoms with van der Waals surface area (Å²) in [5.41, 5.74) is 2.19. The molecule has 0 saturated heterocycles. The maximum atomic E-state index is 11.9. The normalized spacial score (nSPS) is 10.6. The van der Waals surface area contributed by atoms with Gasteiger partial charge >= 0.3 is 0 Å². The monoisotopic (exact) mass is 351 g/mol. The molecule has 0 saturated carbocycles. The Kier molecular flexibility index (Phi) is 5.90. The van der Waals surface area contributed by atoms with Crippen LogP contribution in [0.2, 0.25) is 0 Å². The van der Waals surface area contributed by atoms with Gasteiger partial charge in [-0.3, -0.25) is 4.79 Å². The maximum Gasteiger partial charge on any atom is 0.230 e. The second-order valence-corrected chi connectivity index (χ2v) is 6.82. The summed E-state index contributed by atoms with van der Waals surface area (Å²) in [6, 6.07) is 20.2. The molecular formula is C20H21N3OS. The summed E-state index contributed by atoms with van der Waals surface area (Å²) in [6.07, 6.45) is 0. The Morgan fingerprint density at radius 3 is 2.64 bits per heavy atom. The fraction of sp³-hybridized carbons (Fsp3) is 0.200. The molecule has 0 aliphatic heterocycles. The Bertz CT molecular complexity index is 849. The molecule has 0 atom stereocenters. The maximum absolute atomic E-state index is 11.9. The van der Waals surface area contributed by atoms with Gasteiger partial charge < -0.3 is 10.6 Å². The molecule has 3 rings (SSSR count). The van der Waals surface area contributed by atoms with Gasteiger partial charge in [-0.05, 0) is 37.3 Å². The van der Waals surface area contributed by atoms with Crippen LogP contribution in [0.25, 0.3) is 10.9 Å². The van der Waals surface area contributed by atoms with E-state index in [2.05, 4.69) is 34.7 Å². The van der Waals surface area contributed by atoms with Gasteiger partial charge in [0.2, 0.25) is 5.91 Å². The van der Waals surface area contributed by atoms with Gasteiger partial charge in [0.05, 0.1) is 11.3 Å². The summed E-state index contributed by atoms with van der Waals surface area (Å²) in [5.74, 6) is 1.29. The second kappa shape index (κ2) is 8.53. The fourth-order valence-corrected chi connectivity index (χ4v) is 3.12. The van der Waals surface area contributed by atoms with Crippen molar-refractivity contribution in [1.82, 2.24) is 10.3 Å². The third-order valence-corrected chi connectivity index (χ3v) is 4.75. The zero-order chi connectivity index (χ0) is 17.5. The van der Waals surface area contributed by atoms with E-state index in [1.54, 1.807) is 11.8 Å². The summed E-state index contributed by atoms with van der Waals surface area (Å²) in [6.45, 7) is 3.27. The van der Waals surface area contributed by atoms with Crippen LogP contribution in [0, 0.1) is 6.92 Å². The summed E-state index contributed by atoms with van der Waals surface area (Å²) in [4.78, 5) is 17.6. The molecule has 5 heteroatoms. The van der Waals surface area contributed by atoms with Crippen LogP contribution in [0.15, 0.2) is 65.6 Å². The number of fused-ring (bicyclic) bond motifs is 1. The lowest BCUT2D eigenvalue weighted by atomic mass is 10.2. The van der Waals surface area contributed by atoms with Crippen LogP contribution in [0.3, 0.4) is 0 Å². The molecule has 128 valence electrons. The van der Waals surface area contributed by atoms with Crippen molar-refractivity contribution in [3.05, 3.63) is 66.2 Å². The lowest BCUT2D eigenvalue weighted by Crippen LogP contribution is -2.30. The number of hydrogen-bond donors (Lipinski definition) is 2. The molecule has 0 bridgehead atoms. The predicted molar refractivity (Wildman–Crippen MR) is 105 cm³/mol. The van der Waals surface area contributed by atoms with Gasteiger partial charge in [-0.2, -0.15) is 0 Å². The smallest absolute Gasteiger partial charge is 0.230 e. The van der Waals surface area contributed by atoms with E-state index in [0.717, 1.165) is 21.6 Å². The first-order chi connectivity index (χ1) is 12.2. The van der Waals surface area contributed by atoms with Crippen LogP contribution in [0.5, 0.6) is 0 Å². The third kappa shape index (κ3) is 5.22. The van der Waals surface area contributed by atoms with Crippen molar-refractivity contribution in [3.63, 3.8) is 0 Å². The number of anilines is 1. The highest BCUT2D eigenvalue weighted by molar-refractivity contribution is 8.00. The van der Waals surface area contributed by atoms with E-state index < -0.39 is 0 Å². The Morgan fingerprint density at radius 2 is 1.80 bits per heavy atom. The minimum Gasteiger partial charge on any atom is -0.368 e. The van der Waals surface area contributed by atoms with Crippen molar-refractivity contribution in [1.29, 1.82) is 0 Å². The quantitative estimate of drug-likeness (QED) is 0.501. The largest absolute Gasteiger partial charge is 0.368 e. The number of hydrogen-bond acceptors (Lipinski definition) is 4. The number of aryl methyl sites for hydroxylation is 1. The Hall–Kier alpha value is -2.53. The average Bonchev–Trinajstić information content (AvgIpc) is 2.64. The molecule has 0 aliphatic carbocycles. The lowest BCUT2D eigenvalue weighted by molar-refractivity contribution is -0.118. The number of nitrogens with one attached hydrogen (secondary N) is 2. The van der Waals surface area contributed by atoms with E-state index in [1.807, 2.05) is 48.5 Å². The van der Waals surface area contributed by atoms with Crippen molar-refractivity contribution in [3.8, 4) is 0 Å². The lowest BCUT2D eigenvalue weighted by Gasteiger charge is -2.08. The van der Waals surface area contributed by atoms with Gasteiger partial charge in [0.15, 0.2) is 0 Å². The van der Waals surface area contributed by atoms with Crippen LogP contribution >= 0.6 is 11.8 Å². The molecule has 0 unspecified atom stereocenters. The molecule has 4 nitrogen and oxygen atoms in total. The van der Waals surface area contributed by atoms with Gasteiger partial charge in [0.1, 0.15) is 5.82 Å². The van der Waals surface area contributed by atoms with Crippen molar-refractivity contribution in [2.45, 2.75) is 11.8 Å². The minimum atomic E-state index is 0.0406. The molecule has 2 aromatic carbocycles. The number of nitrogens with zero attached hydrogens (tertiary/aromatic N) is 1. The molecule has 0 aliphatic rings. The number of aromatic nitrogens is 1. The molecule has 0 spiro atoms. The zero-order valence-electron chi connectivity index (χ0n) is 14.2. The summed E-state index contributed by atoms with van der Waals surface area (Å²) < 4.78 is 0. The number of benzene rings is 2. The van der Waals surface area contributed by atoms with E-state index in [9.17, 15) is 4.79 Å². The predicted octanol–water partition coefficient (Wildman–Crippen LogP) is 3.86. The van der Waals surface area contributed by atoms with Crippen molar-refractivity contribution in [2.24, 2.45) is 0 Å². The summed E-state index contributed by atoms with van der Waals surface area (Å²) in [7, 11) is 0. The summed E-state index contributed by atoms with van der Waals surface area (Å²) >= 11 is 1.55. The molecule has 3 aromatic rings. The number of carbonyl (C=O) groups is 1. The molecule has 1 aromatic heterocycles. The third-order valence-electron chi connectivity index (χ3n) is 3.74. The van der Waals surface area contributed by atoms with E-state index in [-0.39, 0.29) is 5.91 Å². The van der Waals surface area contributed by atoms with Gasteiger partial charge in [-0.15, -0.1) is 11.8 Å². The van der Waals surface area contributed by atoms with Crippen LogP contribution in [0.4, 0.5) is 5.82 Å². The number of pyridine rings is 1. The number of para-hydroxylation sites is 1. The Morgan fingerprint density at radius 1 is 1.00 bits per heavy atom. The average molecular weight is 351 g/mol. The molecule has 1 heterocycles. The molecular weight excluding hydrogens is 330 g/mol. The fourth-order valence-electron chi connectivity index (χ4n) is 2.39. The Balaban J connectivity index is 1.38. The summed E-state index contributed by atoms with van der Waals surface area (Å²) in [5, 5.41) is 7.28. The van der Waals surface area contributed by atoms with Crippen molar-refractivity contribution >= 4 is 34.4 Å². The number of thioether (sulfide) groups is 1. The first-order valence-electron chi connectivity index (χ1n) is 8.26. The number of rotatable bonds is 7. The van der Waals surface area contributed by atoms with Crippen LogP contribution in [-0.4, -0.2) is 29.7 Å². The molecule has 2 N–H and O–H groups in total. The van der Waals surface area contributed by atoms with Crippen molar-refractivity contribution in [2.75, 3.05) is 24.2 Å². The van der Waals surface area contributed by atoms with Gasteiger partial charge in [-0.1, -0.05) is 35.9 Å². The first kappa shape index (κ1) is 17.3. The minimum absolute atomic E-state index is 0.0406. The van der Waals surface area contributed by atoms with E-state index in [4.69, 9.17) is 0 Å². The van der Waals surface area contributed by atoms with E-state index >= 15 is 0 Å². The number of amides is 1. The van der Waals surface area contributed by atoms with Gasteiger partial charge in [-0.25, -0.2) is 4.98 Å². The highest BCUT2D eigenvalue weighted by atomic mass is 32.2. The highest BCUT2D eigenvalue weighted by Crippen LogP contribution is 2.17. The highest BCUT2D eigenvalue weighted by Gasteiger charge is 2.03. The second-order valence-electron chi connectivity index (χ2n) is 5.77. The van der Waals surface area contributed by atoms with Gasteiger partial charge in [0.25, 0.3) is 0 Å². The molecule has 0 radical (unpaired) electrons. The topological polar surface area (TPSA) is 54.0 Å². The van der Waals surface area contributed by atoms with Crippen molar-refractivity contribution < 1.29 is 4.79 Å². The van der Waals surface area contributed by atoms with E-state index in [1.165, 1.54) is 5.56 Å². The molecule has 25 heavy (non-hydrogen) atoms. The Labute approximate surface area is 152 Å². The van der Waals surface area contributed by atoms with Gasteiger partial charge in [0, 0.05) is 23.4 Å². The SMILES string of the molecule is Cc1ccc(SCC(=O)NCCNc2ccc3ccccc3n2)cc1. The van der Waals surface area contributed by atoms with Crippen LogP contribution in [-0.2, 0) is 4.79 Å². The van der Waals surface area contributed by atoms with Crippen LogP contribution < -0.4 is 10.6 Å². The standard InChI is InChI=1S/C20H21N3OS/c1-15-6-9-17(10-7-15)25-14-20(24)22-13-12-21-19-11-8-16-4-2-3-5-18(16)23-19/h2-11H,12-14H2,1H3,(H,21,23)(H,22,24). The molecule has 1 amide bonds. The van der Waals surface area contributed by atoms with E-state index in [0.29, 0.717) is 18.8 Å². The first-order valence-corrected chi connectivity index (χ1v) is 9.25. The zero-order valence-corrected chi connectivity index (χ0v) is 15.0. The molecule has 0 fully saturated rings.